The summed E-state index contributed by atoms with van der Waals surface area (Å²) in [6, 6.07) is 16.7. The summed E-state index contributed by atoms with van der Waals surface area (Å²) in [6.07, 6.45) is 6.52. The zero-order chi connectivity index (χ0) is 21.6. The first-order valence-electron chi connectivity index (χ1n) is 11.9. The molecule has 0 saturated heterocycles. The normalized spacial score (nSPS) is 19.7. The molecule has 0 spiro atoms. The van der Waals surface area contributed by atoms with Crippen LogP contribution in [0.3, 0.4) is 0 Å². The molecule has 0 bridgehead atoms. The van der Waals surface area contributed by atoms with E-state index in [9.17, 15) is 4.79 Å². The second kappa shape index (κ2) is 10.2. The topological polar surface area (TPSA) is 41.6 Å². The Bertz CT molecular complexity index is 873. The minimum atomic E-state index is 0.0631. The predicted molar refractivity (Wildman–Crippen MR) is 126 cm³/mol. The van der Waals surface area contributed by atoms with Crippen LogP contribution in [0.15, 0.2) is 48.5 Å². The molecule has 0 unspecified atom stereocenters. The van der Waals surface area contributed by atoms with Crippen molar-refractivity contribution in [3.8, 4) is 5.75 Å². The van der Waals surface area contributed by atoms with Crippen molar-refractivity contribution in [2.75, 3.05) is 11.9 Å². The number of anilines is 1. The van der Waals surface area contributed by atoms with Crippen molar-refractivity contribution >= 4 is 11.6 Å². The van der Waals surface area contributed by atoms with Gasteiger partial charge in [-0.1, -0.05) is 63.1 Å². The smallest absolute Gasteiger partial charge is 0.223 e. The molecule has 1 aliphatic heterocycles. The van der Waals surface area contributed by atoms with Crippen LogP contribution in [0.2, 0.25) is 0 Å². The van der Waals surface area contributed by atoms with Crippen LogP contribution >= 0.6 is 0 Å². The minimum Gasteiger partial charge on any atom is -0.491 e. The summed E-state index contributed by atoms with van der Waals surface area (Å²) >= 11 is 0. The molecule has 4 rings (SSSR count). The number of carbonyl (C=O) groups is 1. The van der Waals surface area contributed by atoms with Gasteiger partial charge in [0, 0.05) is 30.8 Å². The lowest BCUT2D eigenvalue weighted by atomic mass is 9.98. The van der Waals surface area contributed by atoms with Crippen molar-refractivity contribution in [1.29, 1.82) is 0 Å². The number of fused-ring (bicyclic) bond motifs is 2. The van der Waals surface area contributed by atoms with Crippen LogP contribution in [-0.4, -0.2) is 23.5 Å². The molecule has 1 heterocycles. The van der Waals surface area contributed by atoms with Gasteiger partial charge in [0.2, 0.25) is 5.91 Å². The highest BCUT2D eigenvalue weighted by Gasteiger charge is 2.29. The minimum absolute atomic E-state index is 0.0631. The van der Waals surface area contributed by atoms with E-state index in [4.69, 9.17) is 4.74 Å². The van der Waals surface area contributed by atoms with Gasteiger partial charge in [-0.3, -0.25) is 4.79 Å². The molecule has 1 aliphatic carbocycles. The zero-order valence-corrected chi connectivity index (χ0v) is 19.0. The number of para-hydroxylation sites is 2. The summed E-state index contributed by atoms with van der Waals surface area (Å²) in [5, 5.41) is 3.59. The molecule has 2 aromatic rings. The van der Waals surface area contributed by atoms with Crippen LogP contribution in [0.5, 0.6) is 5.75 Å². The molecule has 0 aromatic heterocycles. The van der Waals surface area contributed by atoms with Crippen LogP contribution in [-0.2, 0) is 17.9 Å². The van der Waals surface area contributed by atoms with Crippen LogP contribution in [0.25, 0.3) is 0 Å². The van der Waals surface area contributed by atoms with E-state index < -0.39 is 0 Å². The number of carbonyl (C=O) groups excluding carboxylic acids is 1. The Morgan fingerprint density at radius 1 is 1.06 bits per heavy atom. The van der Waals surface area contributed by atoms with Gasteiger partial charge in [0.05, 0.1) is 6.04 Å². The molecule has 4 heteroatoms. The van der Waals surface area contributed by atoms with Gasteiger partial charge in [0.1, 0.15) is 12.4 Å². The van der Waals surface area contributed by atoms with E-state index in [-0.39, 0.29) is 11.9 Å². The Morgan fingerprint density at radius 3 is 2.55 bits per heavy atom. The van der Waals surface area contributed by atoms with E-state index >= 15 is 0 Å². The quantitative estimate of drug-likeness (QED) is 0.658. The van der Waals surface area contributed by atoms with Crippen molar-refractivity contribution < 1.29 is 9.53 Å². The van der Waals surface area contributed by atoms with Crippen LogP contribution < -0.4 is 10.1 Å². The predicted octanol–water partition coefficient (Wildman–Crippen LogP) is 6.01. The average molecular weight is 421 g/mol. The fourth-order valence-electron chi connectivity index (χ4n) is 5.01. The number of nitrogens with one attached hydrogen (secondary N) is 1. The van der Waals surface area contributed by atoms with E-state index in [1.54, 1.807) is 0 Å². The van der Waals surface area contributed by atoms with Gasteiger partial charge in [-0.15, -0.1) is 0 Å². The Labute approximate surface area is 187 Å². The SMILES string of the molecule is CC(C)C[C@H]1COc2ccccc2CNc2ccccc2CN1C(=O)CC1CCCC1. The van der Waals surface area contributed by atoms with Gasteiger partial charge in [-0.2, -0.15) is 0 Å². The summed E-state index contributed by atoms with van der Waals surface area (Å²) in [7, 11) is 0. The van der Waals surface area contributed by atoms with Gasteiger partial charge < -0.3 is 15.0 Å². The number of hydrogen-bond donors (Lipinski definition) is 1. The second-order valence-corrected chi connectivity index (χ2v) is 9.59. The lowest BCUT2D eigenvalue weighted by Crippen LogP contribution is -2.44. The fraction of sp³-hybridized carbons (Fsp3) is 0.519. The summed E-state index contributed by atoms with van der Waals surface area (Å²) in [5.74, 6) is 2.22. The number of hydrogen-bond acceptors (Lipinski definition) is 3. The van der Waals surface area contributed by atoms with E-state index in [1.165, 1.54) is 31.2 Å². The van der Waals surface area contributed by atoms with Crippen LogP contribution in [0, 0.1) is 11.8 Å². The zero-order valence-electron chi connectivity index (χ0n) is 19.0. The highest BCUT2D eigenvalue weighted by molar-refractivity contribution is 5.77. The van der Waals surface area contributed by atoms with Gasteiger partial charge in [0.15, 0.2) is 0 Å². The third-order valence-electron chi connectivity index (χ3n) is 6.67. The van der Waals surface area contributed by atoms with Crippen molar-refractivity contribution in [3.63, 3.8) is 0 Å². The monoisotopic (exact) mass is 420 g/mol. The molecule has 1 fully saturated rings. The summed E-state index contributed by atoms with van der Waals surface area (Å²) in [5.41, 5.74) is 3.42. The molecule has 4 nitrogen and oxygen atoms in total. The fourth-order valence-corrected chi connectivity index (χ4v) is 5.01. The first kappa shape index (κ1) is 21.7. The van der Waals surface area contributed by atoms with Crippen molar-refractivity contribution in [2.45, 2.75) is 71.5 Å². The Kier molecular flexibility index (Phi) is 7.16. The van der Waals surface area contributed by atoms with Crippen LogP contribution in [0.1, 0.15) is 63.5 Å². The molecule has 2 aromatic carbocycles. The Balaban J connectivity index is 1.68. The number of nitrogens with zero attached hydrogens (tertiary/aromatic N) is 1. The van der Waals surface area contributed by atoms with Gasteiger partial charge >= 0.3 is 0 Å². The lowest BCUT2D eigenvalue weighted by molar-refractivity contribution is -0.136. The van der Waals surface area contributed by atoms with E-state index in [1.807, 2.05) is 12.1 Å². The highest BCUT2D eigenvalue weighted by atomic mass is 16.5. The Morgan fingerprint density at radius 2 is 1.77 bits per heavy atom. The molecule has 1 saturated carbocycles. The van der Waals surface area contributed by atoms with Gasteiger partial charge in [-0.25, -0.2) is 0 Å². The van der Waals surface area contributed by atoms with E-state index in [2.05, 4.69) is 60.5 Å². The third-order valence-corrected chi connectivity index (χ3v) is 6.67. The lowest BCUT2D eigenvalue weighted by Gasteiger charge is -2.34. The van der Waals surface area contributed by atoms with E-state index in [0.717, 1.165) is 23.4 Å². The number of benzene rings is 2. The number of amides is 1. The molecular weight excluding hydrogens is 384 g/mol. The molecule has 1 N–H and O–H groups in total. The molecule has 1 amide bonds. The maximum atomic E-state index is 13.6. The first-order chi connectivity index (χ1) is 15.1. The average Bonchev–Trinajstić information content (AvgIpc) is 3.26. The third kappa shape index (κ3) is 5.61. The van der Waals surface area contributed by atoms with E-state index in [0.29, 0.717) is 38.0 Å². The summed E-state index contributed by atoms with van der Waals surface area (Å²) < 4.78 is 6.35. The molecule has 31 heavy (non-hydrogen) atoms. The molecule has 166 valence electrons. The molecule has 2 aliphatic rings. The molecule has 0 radical (unpaired) electrons. The molecule has 1 atom stereocenters. The van der Waals surface area contributed by atoms with Crippen molar-refractivity contribution in [2.24, 2.45) is 11.8 Å². The molecular formula is C27H36N2O2. The van der Waals surface area contributed by atoms with Gasteiger partial charge in [-0.05, 0) is 48.8 Å². The number of rotatable bonds is 4. The van der Waals surface area contributed by atoms with Gasteiger partial charge in [0.25, 0.3) is 0 Å². The standard InChI is InChI=1S/C27H36N2O2/c1-20(2)15-24-19-31-26-14-8-6-11-22(26)17-28-25-13-7-5-12-23(25)18-29(24)27(30)16-21-9-3-4-10-21/h5-8,11-14,20-21,24,28H,3-4,9-10,15-19H2,1-2H3/t24-/m0/s1. The van der Waals surface area contributed by atoms with Crippen molar-refractivity contribution in [1.82, 2.24) is 4.90 Å². The van der Waals surface area contributed by atoms with Crippen molar-refractivity contribution in [3.05, 3.63) is 59.7 Å². The maximum absolute atomic E-state index is 13.6. The first-order valence-corrected chi connectivity index (χ1v) is 11.9. The Hall–Kier alpha value is -2.49. The van der Waals surface area contributed by atoms with Crippen LogP contribution in [0.4, 0.5) is 5.69 Å². The largest absolute Gasteiger partial charge is 0.491 e. The maximum Gasteiger partial charge on any atom is 0.223 e. The summed E-state index contributed by atoms with van der Waals surface area (Å²) in [6.45, 7) is 6.33. The summed E-state index contributed by atoms with van der Waals surface area (Å²) in [4.78, 5) is 15.7. The highest BCUT2D eigenvalue weighted by Crippen LogP contribution is 2.31. The second-order valence-electron chi connectivity index (χ2n) is 9.59. The number of ether oxygens (including phenoxy) is 1.